The van der Waals surface area contributed by atoms with Gasteiger partial charge in [0.15, 0.2) is 5.82 Å². The van der Waals surface area contributed by atoms with Gasteiger partial charge in [-0.05, 0) is 18.6 Å². The number of aromatic amines is 1. The Morgan fingerprint density at radius 2 is 2.30 bits per heavy atom. The van der Waals surface area contributed by atoms with Gasteiger partial charge in [-0.2, -0.15) is 5.21 Å². The van der Waals surface area contributed by atoms with Gasteiger partial charge in [-0.15, -0.1) is 10.2 Å². The summed E-state index contributed by atoms with van der Waals surface area (Å²) in [5, 5.41) is 19.2. The molecule has 1 amide bonds. The van der Waals surface area contributed by atoms with E-state index in [9.17, 15) is 4.79 Å². The zero-order chi connectivity index (χ0) is 14.4. The minimum atomic E-state index is -0.389. The lowest BCUT2D eigenvalue weighted by molar-refractivity contribution is 0.0945. The first-order valence-electron chi connectivity index (χ1n) is 6.11. The van der Waals surface area contributed by atoms with Gasteiger partial charge in [-0.1, -0.05) is 23.7 Å². The van der Waals surface area contributed by atoms with Gasteiger partial charge < -0.3 is 10.6 Å². The number of H-pyrrole nitrogens is 1. The molecular weight excluding hydrogens is 282 g/mol. The predicted molar refractivity (Wildman–Crippen MR) is 73.4 cm³/mol. The third-order valence-corrected chi connectivity index (χ3v) is 2.72. The predicted octanol–water partition coefficient (Wildman–Crippen LogP) is 1.000. The molecule has 0 aliphatic rings. The Labute approximate surface area is 120 Å². The van der Waals surface area contributed by atoms with E-state index < -0.39 is 0 Å². The third-order valence-electron chi connectivity index (χ3n) is 2.41. The molecule has 0 saturated heterocycles. The molecule has 0 spiro atoms. The highest BCUT2D eigenvalue weighted by atomic mass is 35.5. The molecule has 0 radical (unpaired) electrons. The molecule has 0 unspecified atom stereocenters. The van der Waals surface area contributed by atoms with Crippen molar-refractivity contribution in [2.45, 2.75) is 19.9 Å². The van der Waals surface area contributed by atoms with Crippen molar-refractivity contribution in [1.82, 2.24) is 30.9 Å². The van der Waals surface area contributed by atoms with Crippen molar-refractivity contribution in [3.05, 3.63) is 28.7 Å². The normalized spacial score (nSPS) is 10.3. The Kier molecular flexibility index (Phi) is 4.83. The smallest absolute Gasteiger partial charge is 0.271 e. The third kappa shape index (κ3) is 3.64. The van der Waals surface area contributed by atoms with Crippen LogP contribution in [0.4, 0.5) is 5.82 Å². The van der Waals surface area contributed by atoms with Crippen LogP contribution in [0.3, 0.4) is 0 Å². The average molecular weight is 296 g/mol. The zero-order valence-electron chi connectivity index (χ0n) is 10.9. The van der Waals surface area contributed by atoms with Crippen molar-refractivity contribution in [3.63, 3.8) is 0 Å². The van der Waals surface area contributed by atoms with Gasteiger partial charge in [-0.3, -0.25) is 4.79 Å². The molecule has 0 atom stereocenters. The molecule has 3 N–H and O–H groups in total. The number of nitrogens with zero attached hydrogens (tertiary/aromatic N) is 4. The number of pyridine rings is 1. The molecule has 2 aromatic heterocycles. The van der Waals surface area contributed by atoms with Gasteiger partial charge in [0, 0.05) is 6.54 Å². The fourth-order valence-electron chi connectivity index (χ4n) is 1.45. The number of anilines is 1. The number of hydrogen-bond donors (Lipinski definition) is 3. The summed E-state index contributed by atoms with van der Waals surface area (Å²) in [6.07, 6.45) is 0.962. The SMILES string of the molecule is CCCNc1ccc(Cl)c(C(=O)NCc2nn[nH]n2)n1. The number of halogens is 1. The van der Waals surface area contributed by atoms with Crippen molar-refractivity contribution in [2.24, 2.45) is 0 Å². The van der Waals surface area contributed by atoms with Crippen molar-refractivity contribution in [1.29, 1.82) is 0 Å². The minimum Gasteiger partial charge on any atom is -0.370 e. The summed E-state index contributed by atoms with van der Waals surface area (Å²) in [4.78, 5) is 16.2. The van der Waals surface area contributed by atoms with Gasteiger partial charge in [0.05, 0.1) is 11.6 Å². The fraction of sp³-hybridized carbons (Fsp3) is 0.364. The van der Waals surface area contributed by atoms with Gasteiger partial charge >= 0.3 is 0 Å². The Morgan fingerprint density at radius 1 is 1.45 bits per heavy atom. The molecular formula is C11H14ClN7O. The monoisotopic (exact) mass is 295 g/mol. The van der Waals surface area contributed by atoms with E-state index in [-0.39, 0.29) is 23.2 Å². The Morgan fingerprint density at radius 3 is 3.00 bits per heavy atom. The van der Waals surface area contributed by atoms with E-state index in [1.165, 1.54) is 0 Å². The standard InChI is InChI=1S/C11H14ClN7O/c1-2-5-13-8-4-3-7(12)10(15-8)11(20)14-6-9-16-18-19-17-9/h3-4H,2,5-6H2,1H3,(H,13,15)(H,14,20)(H,16,17,18,19). The zero-order valence-corrected chi connectivity index (χ0v) is 11.6. The number of amides is 1. The van der Waals surface area contributed by atoms with Crippen molar-refractivity contribution >= 4 is 23.3 Å². The number of hydrogen-bond acceptors (Lipinski definition) is 6. The quantitative estimate of drug-likeness (QED) is 0.733. The van der Waals surface area contributed by atoms with Crippen LogP contribution >= 0.6 is 11.6 Å². The molecule has 2 aromatic rings. The van der Waals surface area contributed by atoms with Crippen molar-refractivity contribution in [2.75, 3.05) is 11.9 Å². The molecule has 0 aliphatic heterocycles. The second-order valence-electron chi connectivity index (χ2n) is 3.96. The van der Waals surface area contributed by atoms with Crippen LogP contribution in [0.5, 0.6) is 0 Å². The topological polar surface area (TPSA) is 108 Å². The number of rotatable bonds is 6. The first kappa shape index (κ1) is 14.2. The first-order valence-corrected chi connectivity index (χ1v) is 6.49. The van der Waals surface area contributed by atoms with Gasteiger partial charge in [0.1, 0.15) is 11.5 Å². The molecule has 2 heterocycles. The largest absolute Gasteiger partial charge is 0.370 e. The van der Waals surface area contributed by atoms with Crippen LogP contribution in [0.2, 0.25) is 5.02 Å². The van der Waals surface area contributed by atoms with E-state index in [4.69, 9.17) is 11.6 Å². The lowest BCUT2D eigenvalue weighted by Crippen LogP contribution is -2.25. The Bertz CT molecular complexity index is 572. The second-order valence-corrected chi connectivity index (χ2v) is 4.37. The molecule has 0 aliphatic carbocycles. The molecule has 0 fully saturated rings. The molecule has 106 valence electrons. The number of nitrogens with one attached hydrogen (secondary N) is 3. The van der Waals surface area contributed by atoms with Gasteiger partial charge in [0.2, 0.25) is 0 Å². The molecule has 0 bridgehead atoms. The number of carbonyl (C=O) groups excluding carboxylic acids is 1. The molecule has 8 nitrogen and oxygen atoms in total. The van der Waals surface area contributed by atoms with E-state index in [0.717, 1.165) is 13.0 Å². The van der Waals surface area contributed by atoms with E-state index in [1.54, 1.807) is 12.1 Å². The first-order chi connectivity index (χ1) is 9.70. The van der Waals surface area contributed by atoms with Gasteiger partial charge in [0.25, 0.3) is 5.91 Å². The lowest BCUT2D eigenvalue weighted by Gasteiger charge is -2.08. The Balaban J connectivity index is 2.04. The van der Waals surface area contributed by atoms with Crippen LogP contribution in [-0.2, 0) is 6.54 Å². The molecule has 2 rings (SSSR count). The highest BCUT2D eigenvalue weighted by Crippen LogP contribution is 2.16. The van der Waals surface area contributed by atoms with Gasteiger partial charge in [-0.25, -0.2) is 4.98 Å². The van der Waals surface area contributed by atoms with Crippen LogP contribution in [0, 0.1) is 0 Å². The summed E-state index contributed by atoms with van der Waals surface area (Å²) in [5.74, 6) is 0.607. The van der Waals surface area contributed by atoms with Crippen LogP contribution in [-0.4, -0.2) is 38.1 Å². The summed E-state index contributed by atoms with van der Waals surface area (Å²) in [5.41, 5.74) is 0.163. The maximum Gasteiger partial charge on any atom is 0.271 e. The van der Waals surface area contributed by atoms with Crippen LogP contribution in [0.1, 0.15) is 29.7 Å². The Hall–Kier alpha value is -2.22. The van der Waals surface area contributed by atoms with E-state index in [2.05, 4.69) is 36.2 Å². The van der Waals surface area contributed by atoms with Crippen LogP contribution in [0.25, 0.3) is 0 Å². The highest BCUT2D eigenvalue weighted by Gasteiger charge is 2.13. The van der Waals surface area contributed by atoms with Crippen molar-refractivity contribution < 1.29 is 4.79 Å². The highest BCUT2D eigenvalue weighted by molar-refractivity contribution is 6.33. The molecule has 20 heavy (non-hydrogen) atoms. The van der Waals surface area contributed by atoms with Crippen LogP contribution < -0.4 is 10.6 Å². The minimum absolute atomic E-state index is 0.153. The number of aromatic nitrogens is 5. The summed E-state index contributed by atoms with van der Waals surface area (Å²) in [6, 6.07) is 3.36. The second kappa shape index (κ2) is 6.80. The lowest BCUT2D eigenvalue weighted by atomic mass is 10.3. The number of carbonyl (C=O) groups is 1. The summed E-state index contributed by atoms with van der Waals surface area (Å²) in [7, 11) is 0. The summed E-state index contributed by atoms with van der Waals surface area (Å²) < 4.78 is 0. The van der Waals surface area contributed by atoms with Crippen LogP contribution in [0.15, 0.2) is 12.1 Å². The fourth-order valence-corrected chi connectivity index (χ4v) is 1.64. The molecule has 0 saturated carbocycles. The molecule has 0 aromatic carbocycles. The summed E-state index contributed by atoms with van der Waals surface area (Å²) in [6.45, 7) is 2.97. The van der Waals surface area contributed by atoms with E-state index in [1.807, 2.05) is 6.92 Å². The summed E-state index contributed by atoms with van der Waals surface area (Å²) >= 11 is 5.98. The average Bonchev–Trinajstić information content (AvgIpc) is 2.97. The van der Waals surface area contributed by atoms with Crippen molar-refractivity contribution in [3.8, 4) is 0 Å². The van der Waals surface area contributed by atoms with E-state index >= 15 is 0 Å². The van der Waals surface area contributed by atoms with E-state index in [0.29, 0.717) is 11.6 Å². The maximum absolute atomic E-state index is 12.0. The molecule has 9 heteroatoms. The maximum atomic E-state index is 12.0. The number of tetrazole rings is 1.